The van der Waals surface area contributed by atoms with Crippen LogP contribution in [-0.2, 0) is 11.8 Å². The monoisotopic (exact) mass is 422 g/mol. The van der Waals surface area contributed by atoms with Gasteiger partial charge in [-0.1, -0.05) is 47.3 Å². The minimum atomic E-state index is 0.179. The molecule has 0 aliphatic heterocycles. The second kappa shape index (κ2) is 7.52. The van der Waals surface area contributed by atoms with Crippen molar-refractivity contribution in [2.24, 2.45) is 17.8 Å². The summed E-state index contributed by atoms with van der Waals surface area (Å²) in [5.74, 6) is 5.78. The van der Waals surface area contributed by atoms with Crippen LogP contribution in [0.5, 0.6) is 0 Å². The van der Waals surface area contributed by atoms with Gasteiger partial charge in [-0.15, -0.1) is 10.2 Å². The maximum Gasteiger partial charge on any atom is 0.276 e. The minimum absolute atomic E-state index is 0.179. The zero-order chi connectivity index (χ0) is 20.0. The molecular formula is C23H26N4O2S. The molecule has 30 heavy (non-hydrogen) atoms. The Labute approximate surface area is 180 Å². The number of thioether (sulfide) groups is 1. The van der Waals surface area contributed by atoms with E-state index in [4.69, 9.17) is 8.94 Å². The molecule has 0 spiro atoms. The molecule has 6 nitrogen and oxygen atoms in total. The Morgan fingerprint density at radius 1 is 0.967 bits per heavy atom. The van der Waals surface area contributed by atoms with E-state index >= 15 is 0 Å². The molecule has 0 amide bonds. The normalized spacial score (nSPS) is 29.5. The van der Waals surface area contributed by atoms with E-state index in [2.05, 4.69) is 20.3 Å². The predicted octanol–water partition coefficient (Wildman–Crippen LogP) is 5.31. The van der Waals surface area contributed by atoms with E-state index in [9.17, 15) is 0 Å². The van der Waals surface area contributed by atoms with Gasteiger partial charge in [-0.25, -0.2) is 0 Å². The summed E-state index contributed by atoms with van der Waals surface area (Å²) in [6.07, 6.45) is 9.73. The van der Waals surface area contributed by atoms with Crippen LogP contribution in [0.2, 0.25) is 0 Å². The first-order valence-electron chi connectivity index (χ1n) is 11.1. The lowest BCUT2D eigenvalue weighted by Crippen LogP contribution is -2.48. The van der Waals surface area contributed by atoms with Gasteiger partial charge in [0, 0.05) is 23.2 Å². The lowest BCUT2D eigenvalue weighted by Gasteiger charge is -2.55. The molecule has 4 aliphatic carbocycles. The SMILES string of the molecule is c1ccc(-c2noc(CCCSc3nnc(C45CC6CC(CC(C6)C4)C5)o3)n2)cc1. The number of nitrogens with zero attached hydrogens (tertiary/aromatic N) is 4. The smallest absolute Gasteiger partial charge is 0.276 e. The van der Waals surface area contributed by atoms with Crippen molar-refractivity contribution >= 4 is 11.8 Å². The third-order valence-corrected chi connectivity index (χ3v) is 8.06. The summed E-state index contributed by atoms with van der Waals surface area (Å²) in [7, 11) is 0. The van der Waals surface area contributed by atoms with Crippen LogP contribution < -0.4 is 0 Å². The fourth-order valence-electron chi connectivity index (χ4n) is 6.30. The highest BCUT2D eigenvalue weighted by Gasteiger charge is 2.54. The van der Waals surface area contributed by atoms with Gasteiger partial charge in [0.05, 0.1) is 0 Å². The summed E-state index contributed by atoms with van der Waals surface area (Å²) < 4.78 is 11.6. The van der Waals surface area contributed by atoms with Crippen LogP contribution in [0, 0.1) is 17.8 Å². The average Bonchev–Trinajstić information content (AvgIpc) is 3.41. The minimum Gasteiger partial charge on any atom is -0.415 e. The van der Waals surface area contributed by atoms with Crippen molar-refractivity contribution in [3.63, 3.8) is 0 Å². The number of hydrogen-bond donors (Lipinski definition) is 0. The van der Waals surface area contributed by atoms with Crippen LogP contribution >= 0.6 is 11.8 Å². The van der Waals surface area contributed by atoms with Gasteiger partial charge in [0.15, 0.2) is 0 Å². The second-order valence-corrected chi connectivity index (χ2v) is 10.4. The quantitative estimate of drug-likeness (QED) is 0.377. The average molecular weight is 423 g/mol. The Hall–Kier alpha value is -2.15. The van der Waals surface area contributed by atoms with Crippen LogP contribution in [0.25, 0.3) is 11.4 Å². The van der Waals surface area contributed by atoms with Crippen molar-refractivity contribution < 1.29 is 8.94 Å². The van der Waals surface area contributed by atoms with Gasteiger partial charge in [-0.05, 0) is 62.7 Å². The topological polar surface area (TPSA) is 77.8 Å². The van der Waals surface area contributed by atoms with Gasteiger partial charge in [0.25, 0.3) is 5.22 Å². The Morgan fingerprint density at radius 2 is 1.70 bits per heavy atom. The van der Waals surface area contributed by atoms with E-state index in [1.807, 2.05) is 30.3 Å². The van der Waals surface area contributed by atoms with Crippen molar-refractivity contribution in [2.75, 3.05) is 5.75 Å². The van der Waals surface area contributed by atoms with Gasteiger partial charge in [-0.3, -0.25) is 0 Å². The van der Waals surface area contributed by atoms with Gasteiger partial charge in [0.2, 0.25) is 17.6 Å². The first kappa shape index (κ1) is 18.6. The number of aryl methyl sites for hydroxylation is 1. The molecule has 3 aromatic rings. The lowest BCUT2D eigenvalue weighted by molar-refractivity contribution is -0.0191. The predicted molar refractivity (Wildman–Crippen MR) is 113 cm³/mol. The Balaban J connectivity index is 1.03. The summed E-state index contributed by atoms with van der Waals surface area (Å²) in [6, 6.07) is 9.91. The van der Waals surface area contributed by atoms with Crippen molar-refractivity contribution in [3.8, 4) is 11.4 Å². The van der Waals surface area contributed by atoms with E-state index in [-0.39, 0.29) is 5.41 Å². The maximum absolute atomic E-state index is 6.17. The molecule has 4 fully saturated rings. The molecule has 0 radical (unpaired) electrons. The molecule has 4 bridgehead atoms. The highest BCUT2D eigenvalue weighted by molar-refractivity contribution is 7.99. The molecule has 0 N–H and O–H groups in total. The molecule has 2 aromatic heterocycles. The molecule has 7 rings (SSSR count). The van der Waals surface area contributed by atoms with E-state index in [0.29, 0.717) is 16.9 Å². The number of hydrogen-bond acceptors (Lipinski definition) is 7. The van der Waals surface area contributed by atoms with E-state index < -0.39 is 0 Å². The molecular weight excluding hydrogens is 396 g/mol. The first-order chi connectivity index (χ1) is 14.8. The van der Waals surface area contributed by atoms with E-state index in [1.165, 1.54) is 38.5 Å². The number of rotatable bonds is 7. The zero-order valence-corrected chi connectivity index (χ0v) is 17.8. The van der Waals surface area contributed by atoms with Crippen molar-refractivity contribution in [2.45, 2.75) is 62.0 Å². The van der Waals surface area contributed by atoms with E-state index in [0.717, 1.165) is 47.8 Å². The van der Waals surface area contributed by atoms with E-state index in [1.54, 1.807) is 11.8 Å². The van der Waals surface area contributed by atoms with Gasteiger partial charge >= 0.3 is 0 Å². The third kappa shape index (κ3) is 3.47. The van der Waals surface area contributed by atoms with Crippen LogP contribution in [0.1, 0.15) is 56.7 Å². The summed E-state index contributed by atoms with van der Waals surface area (Å²) >= 11 is 1.64. The molecule has 1 aromatic carbocycles. The Kier molecular flexibility index (Phi) is 4.66. The number of aromatic nitrogens is 4. The Morgan fingerprint density at radius 3 is 2.43 bits per heavy atom. The highest BCUT2D eigenvalue weighted by atomic mass is 32.2. The standard InChI is InChI=1S/C23H26N4O2S/c1-2-5-18(6-3-1)20-24-19(29-27-20)7-4-8-30-22-26-25-21(28-22)23-12-15-9-16(13-23)11-17(10-15)14-23/h1-3,5-6,15-17H,4,7-14H2. The lowest BCUT2D eigenvalue weighted by atomic mass is 9.49. The largest absolute Gasteiger partial charge is 0.415 e. The molecule has 0 saturated heterocycles. The Bertz CT molecular complexity index is 980. The summed E-state index contributed by atoms with van der Waals surface area (Å²) in [5, 5.41) is 13.6. The third-order valence-electron chi connectivity index (χ3n) is 7.16. The van der Waals surface area contributed by atoms with Crippen LogP contribution in [0.4, 0.5) is 0 Å². The molecule has 2 heterocycles. The fourth-order valence-corrected chi connectivity index (χ4v) is 7.00. The van der Waals surface area contributed by atoms with Gasteiger partial charge < -0.3 is 8.94 Å². The molecule has 4 aliphatic rings. The second-order valence-electron chi connectivity index (χ2n) is 9.40. The van der Waals surface area contributed by atoms with Crippen molar-refractivity contribution in [1.82, 2.24) is 20.3 Å². The van der Waals surface area contributed by atoms with Crippen LogP contribution in [0.15, 0.2) is 44.5 Å². The van der Waals surface area contributed by atoms with Crippen molar-refractivity contribution in [3.05, 3.63) is 42.1 Å². The molecule has 156 valence electrons. The number of benzene rings is 1. The first-order valence-corrected chi connectivity index (χ1v) is 12.1. The summed E-state index contributed by atoms with van der Waals surface area (Å²) in [6.45, 7) is 0. The molecule has 7 heteroatoms. The summed E-state index contributed by atoms with van der Waals surface area (Å²) in [4.78, 5) is 4.50. The van der Waals surface area contributed by atoms with Crippen molar-refractivity contribution in [1.29, 1.82) is 0 Å². The van der Waals surface area contributed by atoms with Gasteiger partial charge in [-0.2, -0.15) is 4.98 Å². The zero-order valence-electron chi connectivity index (χ0n) is 17.0. The fraction of sp³-hybridized carbons (Fsp3) is 0.565. The molecule has 0 unspecified atom stereocenters. The van der Waals surface area contributed by atoms with Crippen LogP contribution in [0.3, 0.4) is 0 Å². The maximum atomic E-state index is 6.17. The van der Waals surface area contributed by atoms with Crippen LogP contribution in [-0.4, -0.2) is 26.1 Å². The summed E-state index contributed by atoms with van der Waals surface area (Å²) in [5.41, 5.74) is 1.16. The highest BCUT2D eigenvalue weighted by Crippen LogP contribution is 2.60. The molecule has 4 saturated carbocycles. The molecule has 0 atom stereocenters. The van der Waals surface area contributed by atoms with Gasteiger partial charge in [0.1, 0.15) is 0 Å².